The molecule has 0 heterocycles. The number of nitrogens with zero attached hydrogens (tertiary/aromatic N) is 1. The maximum Gasteiger partial charge on any atom is 0.209 e. The van der Waals surface area contributed by atoms with Gasteiger partial charge < -0.3 is 10.2 Å². The van der Waals surface area contributed by atoms with E-state index in [1.807, 2.05) is 13.8 Å². The van der Waals surface area contributed by atoms with Gasteiger partial charge in [0.05, 0.1) is 6.26 Å². The highest BCUT2D eigenvalue weighted by molar-refractivity contribution is 7.88. The fourth-order valence-electron chi connectivity index (χ4n) is 1.72. The second kappa shape index (κ2) is 7.31. The molecule has 0 atom stereocenters. The Morgan fingerprint density at radius 2 is 1.71 bits per heavy atom. The SMILES string of the molecule is CCN(CC)CCNCC(C)(C)NS(C)(=O)=O. The van der Waals surface area contributed by atoms with Gasteiger partial charge in [-0.25, -0.2) is 13.1 Å². The third-order valence-corrected chi connectivity index (χ3v) is 3.45. The van der Waals surface area contributed by atoms with Crippen LogP contribution in [0.2, 0.25) is 0 Å². The zero-order valence-electron chi connectivity index (χ0n) is 11.7. The van der Waals surface area contributed by atoms with Crippen molar-refractivity contribution in [3.05, 3.63) is 0 Å². The molecular weight excluding hydrogens is 238 g/mol. The summed E-state index contributed by atoms with van der Waals surface area (Å²) >= 11 is 0. The van der Waals surface area contributed by atoms with Crippen LogP contribution in [0.25, 0.3) is 0 Å². The number of sulfonamides is 1. The van der Waals surface area contributed by atoms with Crippen LogP contribution in [0.4, 0.5) is 0 Å². The molecule has 0 radical (unpaired) electrons. The fraction of sp³-hybridized carbons (Fsp3) is 1.00. The first-order valence-corrected chi connectivity index (χ1v) is 8.01. The van der Waals surface area contributed by atoms with Gasteiger partial charge in [0.2, 0.25) is 10.0 Å². The summed E-state index contributed by atoms with van der Waals surface area (Å²) in [6.07, 6.45) is 1.19. The Hall–Kier alpha value is -0.170. The van der Waals surface area contributed by atoms with Crippen LogP contribution in [0.3, 0.4) is 0 Å². The molecule has 17 heavy (non-hydrogen) atoms. The molecule has 0 saturated carbocycles. The Labute approximate surface area is 106 Å². The molecule has 5 nitrogen and oxygen atoms in total. The van der Waals surface area contributed by atoms with Gasteiger partial charge in [0, 0.05) is 25.2 Å². The van der Waals surface area contributed by atoms with Gasteiger partial charge in [-0.1, -0.05) is 13.8 Å². The first-order valence-electron chi connectivity index (χ1n) is 6.12. The van der Waals surface area contributed by atoms with Crippen LogP contribution in [0, 0.1) is 0 Å². The van der Waals surface area contributed by atoms with Crippen molar-refractivity contribution in [1.29, 1.82) is 0 Å². The lowest BCUT2D eigenvalue weighted by Crippen LogP contribution is -2.50. The Morgan fingerprint density at radius 1 is 1.18 bits per heavy atom. The van der Waals surface area contributed by atoms with E-state index in [-0.39, 0.29) is 0 Å². The minimum Gasteiger partial charge on any atom is -0.314 e. The molecule has 0 aromatic carbocycles. The van der Waals surface area contributed by atoms with Crippen molar-refractivity contribution in [2.24, 2.45) is 0 Å². The van der Waals surface area contributed by atoms with E-state index >= 15 is 0 Å². The summed E-state index contributed by atoms with van der Waals surface area (Å²) < 4.78 is 24.9. The van der Waals surface area contributed by atoms with Crippen LogP contribution in [-0.4, -0.2) is 57.8 Å². The van der Waals surface area contributed by atoms with Crippen molar-refractivity contribution in [3.63, 3.8) is 0 Å². The molecular formula is C11H27N3O2S. The van der Waals surface area contributed by atoms with E-state index < -0.39 is 15.6 Å². The van der Waals surface area contributed by atoms with E-state index in [1.54, 1.807) is 0 Å². The van der Waals surface area contributed by atoms with E-state index in [0.29, 0.717) is 6.54 Å². The normalized spacial score (nSPS) is 13.3. The Kier molecular flexibility index (Phi) is 7.23. The fourth-order valence-corrected chi connectivity index (χ4v) is 2.79. The summed E-state index contributed by atoms with van der Waals surface area (Å²) in [6.45, 7) is 12.6. The number of hydrogen-bond acceptors (Lipinski definition) is 4. The van der Waals surface area contributed by atoms with E-state index in [2.05, 4.69) is 28.8 Å². The van der Waals surface area contributed by atoms with Crippen LogP contribution in [0.5, 0.6) is 0 Å². The molecule has 0 bridgehead atoms. The minimum atomic E-state index is -3.15. The third-order valence-electron chi connectivity index (χ3n) is 2.53. The maximum absolute atomic E-state index is 11.1. The van der Waals surface area contributed by atoms with Crippen LogP contribution in [-0.2, 0) is 10.0 Å². The lowest BCUT2D eigenvalue weighted by Gasteiger charge is -2.26. The summed E-state index contributed by atoms with van der Waals surface area (Å²) in [5, 5.41) is 3.28. The average Bonchev–Trinajstić information content (AvgIpc) is 2.14. The van der Waals surface area contributed by atoms with Crippen molar-refractivity contribution in [2.75, 3.05) is 39.0 Å². The quantitative estimate of drug-likeness (QED) is 0.587. The third kappa shape index (κ3) is 9.52. The van der Waals surface area contributed by atoms with Crippen molar-refractivity contribution in [1.82, 2.24) is 14.9 Å². The van der Waals surface area contributed by atoms with Gasteiger partial charge >= 0.3 is 0 Å². The first-order chi connectivity index (χ1) is 7.70. The van der Waals surface area contributed by atoms with Crippen molar-refractivity contribution in [3.8, 4) is 0 Å². The molecule has 0 aromatic heterocycles. The summed E-state index contributed by atoms with van der Waals surface area (Å²) in [5.41, 5.74) is -0.448. The van der Waals surface area contributed by atoms with Gasteiger partial charge in [0.1, 0.15) is 0 Å². The summed E-state index contributed by atoms with van der Waals surface area (Å²) in [7, 11) is -3.15. The van der Waals surface area contributed by atoms with E-state index in [4.69, 9.17) is 0 Å². The molecule has 0 aliphatic carbocycles. The van der Waals surface area contributed by atoms with Crippen molar-refractivity contribution >= 4 is 10.0 Å². The number of rotatable bonds is 9. The highest BCUT2D eigenvalue weighted by atomic mass is 32.2. The standard InChI is InChI=1S/C11H27N3O2S/c1-6-14(7-2)9-8-12-10-11(3,4)13-17(5,15)16/h12-13H,6-10H2,1-5H3. The zero-order valence-corrected chi connectivity index (χ0v) is 12.5. The van der Waals surface area contributed by atoms with Crippen LogP contribution in [0.15, 0.2) is 0 Å². The van der Waals surface area contributed by atoms with Gasteiger partial charge in [-0.3, -0.25) is 0 Å². The molecule has 0 spiro atoms. The Bertz CT molecular complexity index is 298. The number of nitrogens with one attached hydrogen (secondary N) is 2. The monoisotopic (exact) mass is 265 g/mol. The molecule has 0 aromatic rings. The van der Waals surface area contributed by atoms with Gasteiger partial charge in [-0.05, 0) is 26.9 Å². The molecule has 2 N–H and O–H groups in total. The molecule has 104 valence electrons. The Morgan fingerprint density at radius 3 is 2.12 bits per heavy atom. The predicted octanol–water partition coefficient (Wildman–Crippen LogP) is 0.246. The molecule has 0 saturated heterocycles. The van der Waals surface area contributed by atoms with Crippen LogP contribution in [0.1, 0.15) is 27.7 Å². The van der Waals surface area contributed by atoms with E-state index in [0.717, 1.165) is 26.2 Å². The smallest absolute Gasteiger partial charge is 0.209 e. The predicted molar refractivity (Wildman–Crippen MR) is 72.7 cm³/mol. The largest absolute Gasteiger partial charge is 0.314 e. The summed E-state index contributed by atoms with van der Waals surface area (Å²) in [6, 6.07) is 0. The zero-order chi connectivity index (χ0) is 13.5. The van der Waals surface area contributed by atoms with Gasteiger partial charge in [-0.2, -0.15) is 0 Å². The second-order valence-corrected chi connectivity index (χ2v) is 6.71. The topological polar surface area (TPSA) is 61.4 Å². The molecule has 0 rings (SSSR count). The van der Waals surface area contributed by atoms with Gasteiger partial charge in [0.25, 0.3) is 0 Å². The van der Waals surface area contributed by atoms with E-state index in [9.17, 15) is 8.42 Å². The highest BCUT2D eigenvalue weighted by Gasteiger charge is 2.21. The minimum absolute atomic E-state index is 0.448. The number of hydrogen-bond donors (Lipinski definition) is 2. The first kappa shape index (κ1) is 16.8. The second-order valence-electron chi connectivity index (χ2n) is 4.96. The van der Waals surface area contributed by atoms with Crippen molar-refractivity contribution < 1.29 is 8.42 Å². The molecule has 0 aliphatic rings. The summed E-state index contributed by atoms with van der Waals surface area (Å²) in [5.74, 6) is 0. The van der Waals surface area contributed by atoms with Crippen molar-refractivity contribution in [2.45, 2.75) is 33.2 Å². The molecule has 0 fully saturated rings. The average molecular weight is 265 g/mol. The van der Waals surface area contributed by atoms with Gasteiger partial charge in [0.15, 0.2) is 0 Å². The summed E-state index contributed by atoms with van der Waals surface area (Å²) in [4.78, 5) is 2.32. The lowest BCUT2D eigenvalue weighted by molar-refractivity contribution is 0.296. The molecule has 0 aliphatic heterocycles. The van der Waals surface area contributed by atoms with Crippen LogP contribution >= 0.6 is 0 Å². The van der Waals surface area contributed by atoms with Crippen LogP contribution < -0.4 is 10.0 Å². The Balaban J connectivity index is 3.87. The van der Waals surface area contributed by atoms with Gasteiger partial charge in [-0.15, -0.1) is 0 Å². The lowest BCUT2D eigenvalue weighted by atomic mass is 10.1. The molecule has 0 amide bonds. The maximum atomic E-state index is 11.1. The van der Waals surface area contributed by atoms with E-state index in [1.165, 1.54) is 6.26 Å². The molecule has 6 heteroatoms. The number of likely N-dealkylation sites (N-methyl/N-ethyl adjacent to an activating group) is 1. The molecule has 0 unspecified atom stereocenters. The highest BCUT2D eigenvalue weighted by Crippen LogP contribution is 2.01.